The first kappa shape index (κ1) is 29.9. The summed E-state index contributed by atoms with van der Waals surface area (Å²) in [6.45, 7) is 3.71. The van der Waals surface area contributed by atoms with E-state index in [2.05, 4.69) is 20.1 Å². The van der Waals surface area contributed by atoms with Gasteiger partial charge in [-0.1, -0.05) is 35.5 Å². The number of aromatic nitrogens is 2. The number of benzene rings is 1. The number of halogens is 1. The number of ether oxygens (including phenoxy) is 2. The third-order valence-electron chi connectivity index (χ3n) is 5.17. The molecule has 0 amide bonds. The van der Waals surface area contributed by atoms with Gasteiger partial charge in [-0.15, -0.1) is 0 Å². The van der Waals surface area contributed by atoms with Gasteiger partial charge in [0, 0.05) is 11.1 Å². The lowest BCUT2D eigenvalue weighted by atomic mass is 10.1. The Morgan fingerprint density at radius 2 is 2.05 bits per heavy atom. The summed E-state index contributed by atoms with van der Waals surface area (Å²) >= 11 is 10.2. The van der Waals surface area contributed by atoms with Gasteiger partial charge < -0.3 is 24.1 Å². The lowest BCUT2D eigenvalue weighted by Crippen LogP contribution is -2.45. The number of nitrogens with zero attached hydrogens (tertiary/aromatic N) is 4. The van der Waals surface area contributed by atoms with Crippen molar-refractivity contribution in [1.29, 1.82) is 0 Å². The predicted molar refractivity (Wildman–Crippen MR) is 138 cm³/mol. The maximum atomic E-state index is 15.3. The lowest BCUT2D eigenvalue weighted by Gasteiger charge is -2.29. The van der Waals surface area contributed by atoms with E-state index in [0.29, 0.717) is 0 Å². The second-order valence-electron chi connectivity index (χ2n) is 8.46. The highest BCUT2D eigenvalue weighted by Gasteiger charge is 2.57. The fourth-order valence-electron chi connectivity index (χ4n) is 3.40. The molecule has 3 N–H and O–H groups in total. The van der Waals surface area contributed by atoms with Crippen molar-refractivity contribution in [3.05, 3.63) is 62.4 Å². The third kappa shape index (κ3) is 7.04. The van der Waals surface area contributed by atoms with Gasteiger partial charge in [-0.2, -0.15) is 5.09 Å². The van der Waals surface area contributed by atoms with Crippen molar-refractivity contribution in [1.82, 2.24) is 14.6 Å². The first-order valence-electron chi connectivity index (χ1n) is 11.2. The van der Waals surface area contributed by atoms with Gasteiger partial charge in [-0.05, 0) is 56.7 Å². The van der Waals surface area contributed by atoms with Crippen molar-refractivity contribution in [3.8, 4) is 5.75 Å². The number of alkyl halides is 1. The Bertz CT molecular complexity index is 1360. The summed E-state index contributed by atoms with van der Waals surface area (Å²) in [7, 11) is -4.46. The smallest absolute Gasteiger partial charge is 0.459 e. The Kier molecular flexibility index (Phi) is 9.79. The minimum Gasteiger partial charge on any atom is -0.462 e. The molecule has 0 radical (unpaired) electrons. The standard InChI is InChI=1S/C21H26FN6O7PS2/c1-12(2)33-19(30)13(3)25-36(31,35-14-7-5-4-6-8-14)32-11-21(26-27-23)17(29)16(22)18(34-21)28-10-9-15(37)24-20(28)38/h4-10,12-13,16-18,29H,11H2,1-3H3,(H,25,31)(H,24,37,38)/t13-,16-,17?,18+,21+,36?/m0/s1. The third-order valence-corrected chi connectivity index (χ3v) is 7.34. The summed E-state index contributed by atoms with van der Waals surface area (Å²) in [4.78, 5) is 17.6. The van der Waals surface area contributed by atoms with E-state index in [9.17, 15) is 20.0 Å². The number of rotatable bonds is 11. The number of azide groups is 1. The molecule has 1 aliphatic rings. The molecule has 2 heterocycles. The van der Waals surface area contributed by atoms with Crippen molar-refractivity contribution < 1.29 is 37.4 Å². The normalized spacial score (nSPS) is 25.3. The molecule has 1 saturated heterocycles. The maximum Gasteiger partial charge on any atom is 0.459 e. The van der Waals surface area contributed by atoms with E-state index in [1.54, 1.807) is 32.0 Å². The Balaban J connectivity index is 1.91. The Hall–Kier alpha value is -2.68. The number of aromatic amines is 1. The number of hydrogen-bond donors (Lipinski definition) is 3. The number of para-hydroxylation sites is 1. The molecule has 0 spiro atoms. The van der Waals surface area contributed by atoms with Gasteiger partial charge in [-0.3, -0.25) is 13.9 Å². The summed E-state index contributed by atoms with van der Waals surface area (Å²) in [5.41, 5.74) is 6.79. The summed E-state index contributed by atoms with van der Waals surface area (Å²) in [6, 6.07) is 8.10. The van der Waals surface area contributed by atoms with Gasteiger partial charge in [0.05, 0.1) is 12.7 Å². The molecular formula is C21H26FN6O7PS2. The monoisotopic (exact) mass is 588 g/mol. The molecular weight excluding hydrogens is 562 g/mol. The highest BCUT2D eigenvalue weighted by Crippen LogP contribution is 2.48. The quantitative estimate of drug-likeness (QED) is 0.0838. The molecule has 3 rings (SSSR count). The highest BCUT2D eigenvalue weighted by atomic mass is 32.1. The molecule has 1 aromatic carbocycles. The zero-order valence-electron chi connectivity index (χ0n) is 20.5. The van der Waals surface area contributed by atoms with E-state index < -0.39 is 56.7 Å². The van der Waals surface area contributed by atoms with Crippen LogP contribution in [-0.2, 0) is 23.4 Å². The molecule has 2 aromatic rings. The first-order valence-corrected chi connectivity index (χ1v) is 13.6. The molecule has 0 saturated carbocycles. The van der Waals surface area contributed by atoms with Crippen LogP contribution in [0.25, 0.3) is 10.4 Å². The number of nitrogens with one attached hydrogen (secondary N) is 2. The lowest BCUT2D eigenvalue weighted by molar-refractivity contribution is -0.149. The molecule has 13 nitrogen and oxygen atoms in total. The summed E-state index contributed by atoms with van der Waals surface area (Å²) in [5, 5.41) is 16.6. The fraction of sp³-hybridized carbons (Fsp3) is 0.476. The molecule has 1 aromatic heterocycles. The molecule has 1 aliphatic heterocycles. The topological polar surface area (TPSA) is 173 Å². The van der Waals surface area contributed by atoms with Gasteiger partial charge in [0.2, 0.25) is 5.72 Å². The second kappa shape index (κ2) is 12.5. The van der Waals surface area contributed by atoms with Crippen molar-refractivity contribution in [2.75, 3.05) is 6.61 Å². The minimum absolute atomic E-state index is 0.0211. The van der Waals surface area contributed by atoms with E-state index in [-0.39, 0.29) is 15.2 Å². The Labute approximate surface area is 227 Å². The number of aliphatic hydroxyl groups excluding tert-OH is 1. The van der Waals surface area contributed by atoms with Gasteiger partial charge in [0.25, 0.3) is 0 Å². The summed E-state index contributed by atoms with van der Waals surface area (Å²) in [6.07, 6.45) is -4.88. The largest absolute Gasteiger partial charge is 0.462 e. The number of esters is 1. The average molecular weight is 589 g/mol. The molecule has 0 aliphatic carbocycles. The van der Waals surface area contributed by atoms with Crippen molar-refractivity contribution >= 4 is 38.2 Å². The number of carbonyl (C=O) groups is 1. The van der Waals surface area contributed by atoms with Crippen LogP contribution in [0.4, 0.5) is 4.39 Å². The van der Waals surface area contributed by atoms with Crippen LogP contribution in [0, 0.1) is 9.41 Å². The SMILES string of the molecule is CC(C)OC(=O)[C@H](C)NP(=O)(OC[C@@]1(N=[N+]=[N-])O[C@@H](n2ccc(=S)[nH]c2=S)[C@@H](F)C1O)Oc1ccccc1. The van der Waals surface area contributed by atoms with Gasteiger partial charge in [0.15, 0.2) is 17.2 Å². The molecule has 206 valence electrons. The number of carbonyl (C=O) groups excluding carboxylic acids is 1. The minimum atomic E-state index is -4.46. The van der Waals surface area contributed by atoms with E-state index in [4.69, 9.17) is 43.0 Å². The molecule has 0 bridgehead atoms. The molecule has 17 heteroatoms. The molecule has 2 unspecified atom stereocenters. The molecule has 38 heavy (non-hydrogen) atoms. The number of aliphatic hydroxyl groups is 1. The van der Waals surface area contributed by atoms with E-state index in [1.807, 2.05) is 0 Å². The zero-order chi connectivity index (χ0) is 28.1. The van der Waals surface area contributed by atoms with E-state index >= 15 is 4.39 Å². The summed E-state index contributed by atoms with van der Waals surface area (Å²) < 4.78 is 52.2. The van der Waals surface area contributed by atoms with Crippen LogP contribution in [0.15, 0.2) is 47.7 Å². The zero-order valence-corrected chi connectivity index (χ0v) is 23.0. The van der Waals surface area contributed by atoms with E-state index in [1.165, 1.54) is 31.3 Å². The van der Waals surface area contributed by atoms with Gasteiger partial charge >= 0.3 is 13.7 Å². The van der Waals surface area contributed by atoms with E-state index in [0.717, 1.165) is 4.57 Å². The number of hydrogen-bond acceptors (Lipinski definition) is 10. The van der Waals surface area contributed by atoms with Crippen molar-refractivity contribution in [2.24, 2.45) is 5.11 Å². The van der Waals surface area contributed by atoms with Gasteiger partial charge in [-0.25, -0.2) is 8.96 Å². The van der Waals surface area contributed by atoms with Crippen LogP contribution >= 0.6 is 32.2 Å². The summed E-state index contributed by atoms with van der Waals surface area (Å²) in [5.74, 6) is -0.646. The first-order chi connectivity index (χ1) is 17.9. The van der Waals surface area contributed by atoms with Crippen LogP contribution < -0.4 is 9.61 Å². The maximum absolute atomic E-state index is 15.3. The van der Waals surface area contributed by atoms with Crippen molar-refractivity contribution in [2.45, 2.75) is 57.1 Å². The second-order valence-corrected chi connectivity index (χ2v) is 11.0. The van der Waals surface area contributed by atoms with Crippen molar-refractivity contribution in [3.63, 3.8) is 0 Å². The molecule has 6 atom stereocenters. The van der Waals surface area contributed by atoms with Crippen LogP contribution in [0.1, 0.15) is 27.0 Å². The van der Waals surface area contributed by atoms with Crippen LogP contribution in [0.3, 0.4) is 0 Å². The van der Waals surface area contributed by atoms with Crippen LogP contribution in [0.2, 0.25) is 0 Å². The van der Waals surface area contributed by atoms with Gasteiger partial charge in [0.1, 0.15) is 22.5 Å². The van der Waals surface area contributed by atoms with Crippen LogP contribution in [-0.4, -0.2) is 57.4 Å². The Morgan fingerprint density at radius 3 is 2.66 bits per heavy atom. The Morgan fingerprint density at radius 1 is 1.37 bits per heavy atom. The van der Waals surface area contributed by atoms with Crippen LogP contribution in [0.5, 0.6) is 5.75 Å². The number of H-pyrrole nitrogens is 1. The fourth-order valence-corrected chi connectivity index (χ4v) is 5.42. The molecule has 1 fully saturated rings. The average Bonchev–Trinajstić information content (AvgIpc) is 3.09. The predicted octanol–water partition coefficient (Wildman–Crippen LogP) is 4.64. The highest BCUT2D eigenvalue weighted by molar-refractivity contribution is 7.72.